The Hall–Kier alpha value is -3.43. The van der Waals surface area contributed by atoms with Crippen molar-refractivity contribution in [2.45, 2.75) is 25.8 Å². The van der Waals surface area contributed by atoms with E-state index in [9.17, 15) is 9.59 Å². The molecule has 1 N–H and O–H groups in total. The number of halogens is 2. The minimum absolute atomic E-state index is 0.146. The number of methoxy groups -OCH3 is 2. The Morgan fingerprint density at radius 2 is 1.70 bits per heavy atom. The third kappa shape index (κ3) is 2.52. The summed E-state index contributed by atoms with van der Waals surface area (Å²) in [4.78, 5) is 32.1. The number of anilines is 3. The molecule has 2 aliphatic heterocycles. The van der Waals surface area contributed by atoms with Crippen molar-refractivity contribution < 1.29 is 27.8 Å². The van der Waals surface area contributed by atoms with Crippen LogP contribution in [0.1, 0.15) is 25.0 Å². The van der Waals surface area contributed by atoms with E-state index in [1.807, 2.05) is 0 Å². The highest BCUT2D eigenvalue weighted by molar-refractivity contribution is 6.12. The molecule has 3 heterocycles. The van der Waals surface area contributed by atoms with Crippen LogP contribution < -0.4 is 24.6 Å². The molecule has 30 heavy (non-hydrogen) atoms. The van der Waals surface area contributed by atoms with Gasteiger partial charge in [-0.15, -0.1) is 0 Å². The third-order valence-electron chi connectivity index (χ3n) is 5.55. The topological polar surface area (TPSA) is 84.0 Å². The van der Waals surface area contributed by atoms with Crippen molar-refractivity contribution in [3.8, 4) is 11.5 Å². The number of benzene rings is 1. The lowest BCUT2D eigenvalue weighted by molar-refractivity contribution is -0.119. The van der Waals surface area contributed by atoms with E-state index in [0.717, 1.165) is 11.0 Å². The van der Waals surface area contributed by atoms with Gasteiger partial charge in [-0.05, 0) is 13.8 Å². The van der Waals surface area contributed by atoms with Gasteiger partial charge in [0.25, 0.3) is 0 Å². The number of amides is 3. The summed E-state index contributed by atoms with van der Waals surface area (Å²) < 4.78 is 40.0. The summed E-state index contributed by atoms with van der Waals surface area (Å²) in [7, 11) is 3.95. The molecule has 0 atom stereocenters. The summed E-state index contributed by atoms with van der Waals surface area (Å²) in [6, 6.07) is 0.410. The number of hydrogen-bond donors (Lipinski definition) is 1. The molecule has 0 spiro atoms. The van der Waals surface area contributed by atoms with Crippen LogP contribution in [0.2, 0.25) is 0 Å². The Kier molecular flexibility index (Phi) is 4.33. The Balaban J connectivity index is 1.90. The number of carbonyl (C=O) groups excluding carboxylic acids is 2. The van der Waals surface area contributed by atoms with Crippen LogP contribution in [0.5, 0.6) is 11.5 Å². The zero-order valence-corrected chi connectivity index (χ0v) is 17.1. The predicted octanol–water partition coefficient (Wildman–Crippen LogP) is 3.18. The molecule has 0 unspecified atom stereocenters. The molecule has 0 saturated carbocycles. The first-order valence-electron chi connectivity index (χ1n) is 9.12. The number of aromatic nitrogens is 1. The number of carbonyl (C=O) groups is 2. The van der Waals surface area contributed by atoms with Gasteiger partial charge in [0.05, 0.1) is 31.9 Å². The lowest BCUT2D eigenvalue weighted by Crippen LogP contribution is -2.47. The molecule has 0 saturated heterocycles. The minimum atomic E-state index is -1.02. The number of hydrogen-bond acceptors (Lipinski definition) is 5. The summed E-state index contributed by atoms with van der Waals surface area (Å²) in [5, 5.41) is 2.71. The SMILES string of the molecule is COc1cc(OC)c(F)c(N2Cc3cnc4c(c3N(C)C2=O)C(C)(C)C(=O)N4)c1F. The van der Waals surface area contributed by atoms with Crippen molar-refractivity contribution >= 4 is 29.1 Å². The first-order chi connectivity index (χ1) is 14.1. The maximum absolute atomic E-state index is 15.0. The van der Waals surface area contributed by atoms with Crippen LogP contribution in [0.15, 0.2) is 12.3 Å². The van der Waals surface area contributed by atoms with E-state index in [2.05, 4.69) is 10.3 Å². The fraction of sp³-hybridized carbons (Fsp3) is 0.350. The Morgan fingerprint density at radius 3 is 2.27 bits per heavy atom. The molecule has 4 rings (SSSR count). The van der Waals surface area contributed by atoms with Gasteiger partial charge in [-0.1, -0.05) is 0 Å². The van der Waals surface area contributed by atoms with Crippen molar-refractivity contribution in [3.05, 3.63) is 35.0 Å². The number of rotatable bonds is 3. The number of pyridine rings is 1. The molecule has 0 radical (unpaired) electrons. The fourth-order valence-corrected chi connectivity index (χ4v) is 3.90. The molecule has 10 heteroatoms. The Labute approximate surface area is 171 Å². The van der Waals surface area contributed by atoms with Crippen LogP contribution in [-0.4, -0.2) is 38.2 Å². The molecular weight excluding hydrogens is 398 g/mol. The second-order valence-electron chi connectivity index (χ2n) is 7.62. The average Bonchev–Trinajstić information content (AvgIpc) is 2.94. The summed E-state index contributed by atoms with van der Waals surface area (Å²) in [5.41, 5.74) is 0.119. The van der Waals surface area contributed by atoms with Gasteiger partial charge in [-0.3, -0.25) is 14.6 Å². The predicted molar refractivity (Wildman–Crippen MR) is 105 cm³/mol. The van der Waals surface area contributed by atoms with Crippen LogP contribution >= 0.6 is 0 Å². The standard InChI is InChI=1S/C20H20F2N4O4/c1-20(2)12-15-9(7-23-17(12)24-18(20)27)8-26(19(28)25(15)3)16-13(21)10(29-4)6-11(30-5)14(16)22/h6-7H,8H2,1-5H3,(H,23,24,27). The van der Waals surface area contributed by atoms with E-state index in [0.29, 0.717) is 22.6 Å². The van der Waals surface area contributed by atoms with E-state index < -0.39 is 28.8 Å². The van der Waals surface area contributed by atoms with E-state index in [1.165, 1.54) is 32.4 Å². The number of nitrogens with zero attached hydrogens (tertiary/aromatic N) is 3. The van der Waals surface area contributed by atoms with Crippen LogP contribution in [0, 0.1) is 11.6 Å². The zero-order valence-electron chi connectivity index (χ0n) is 17.1. The molecule has 2 aromatic rings. The van der Waals surface area contributed by atoms with Crippen LogP contribution in [0.4, 0.5) is 30.8 Å². The maximum Gasteiger partial charge on any atom is 0.329 e. The monoisotopic (exact) mass is 418 g/mol. The summed E-state index contributed by atoms with van der Waals surface area (Å²) in [6.45, 7) is 3.31. The number of fused-ring (bicyclic) bond motifs is 3. The van der Waals surface area contributed by atoms with Crippen LogP contribution in [0.3, 0.4) is 0 Å². The first kappa shape index (κ1) is 19.9. The van der Waals surface area contributed by atoms with Crippen molar-refractivity contribution in [3.63, 3.8) is 0 Å². The molecule has 8 nitrogen and oxygen atoms in total. The molecule has 0 fully saturated rings. The molecule has 0 bridgehead atoms. The highest BCUT2D eigenvalue weighted by atomic mass is 19.1. The van der Waals surface area contributed by atoms with Crippen LogP contribution in [0.25, 0.3) is 0 Å². The van der Waals surface area contributed by atoms with Gasteiger partial charge in [-0.2, -0.15) is 0 Å². The van der Waals surface area contributed by atoms with Gasteiger partial charge in [0.2, 0.25) is 5.91 Å². The van der Waals surface area contributed by atoms with E-state index in [4.69, 9.17) is 9.47 Å². The highest BCUT2D eigenvalue weighted by Gasteiger charge is 2.46. The Morgan fingerprint density at radius 1 is 1.10 bits per heavy atom. The molecule has 0 aliphatic carbocycles. The molecule has 1 aromatic carbocycles. The summed E-state index contributed by atoms with van der Waals surface area (Å²) in [5.74, 6) is -2.42. The average molecular weight is 418 g/mol. The zero-order chi connectivity index (χ0) is 22.0. The van der Waals surface area contributed by atoms with Crippen molar-refractivity contribution in [2.24, 2.45) is 0 Å². The summed E-state index contributed by atoms with van der Waals surface area (Å²) >= 11 is 0. The van der Waals surface area contributed by atoms with Gasteiger partial charge >= 0.3 is 6.03 Å². The van der Waals surface area contributed by atoms with Gasteiger partial charge < -0.3 is 14.8 Å². The lowest BCUT2D eigenvalue weighted by Gasteiger charge is -2.37. The Bertz CT molecular complexity index is 1070. The highest BCUT2D eigenvalue weighted by Crippen LogP contribution is 2.47. The van der Waals surface area contributed by atoms with Crippen molar-refractivity contribution in [1.82, 2.24) is 4.98 Å². The fourth-order valence-electron chi connectivity index (χ4n) is 3.90. The van der Waals surface area contributed by atoms with E-state index in [1.54, 1.807) is 13.8 Å². The van der Waals surface area contributed by atoms with Gasteiger partial charge in [-0.25, -0.2) is 18.6 Å². The molecule has 3 amide bonds. The maximum atomic E-state index is 15.0. The minimum Gasteiger partial charge on any atom is -0.493 e. The quantitative estimate of drug-likeness (QED) is 0.828. The largest absolute Gasteiger partial charge is 0.493 e. The van der Waals surface area contributed by atoms with Gasteiger partial charge in [0.1, 0.15) is 11.5 Å². The molecular formula is C20H20F2N4O4. The smallest absolute Gasteiger partial charge is 0.329 e. The van der Waals surface area contributed by atoms with Crippen molar-refractivity contribution in [1.29, 1.82) is 0 Å². The van der Waals surface area contributed by atoms with Gasteiger partial charge in [0, 0.05) is 30.4 Å². The normalized spacial score (nSPS) is 16.9. The molecule has 1 aromatic heterocycles. The van der Waals surface area contributed by atoms with E-state index in [-0.39, 0.29) is 24.0 Å². The lowest BCUT2D eigenvalue weighted by atomic mass is 9.84. The summed E-state index contributed by atoms with van der Waals surface area (Å²) in [6.07, 6.45) is 1.49. The van der Waals surface area contributed by atoms with Crippen LogP contribution in [-0.2, 0) is 16.8 Å². The van der Waals surface area contributed by atoms with Gasteiger partial charge in [0.15, 0.2) is 23.1 Å². The number of ether oxygens (including phenoxy) is 2. The molecule has 2 aliphatic rings. The number of urea groups is 1. The molecule has 158 valence electrons. The second-order valence-corrected chi connectivity index (χ2v) is 7.62. The number of nitrogens with one attached hydrogen (secondary N) is 1. The van der Waals surface area contributed by atoms with E-state index >= 15 is 8.78 Å². The van der Waals surface area contributed by atoms with Crippen molar-refractivity contribution in [2.75, 3.05) is 36.4 Å². The second kappa shape index (κ2) is 6.54. The third-order valence-corrected chi connectivity index (χ3v) is 5.55. The first-order valence-corrected chi connectivity index (χ1v) is 9.12.